The summed E-state index contributed by atoms with van der Waals surface area (Å²) in [4.78, 5) is 4.86. The molecule has 0 bridgehead atoms. The van der Waals surface area contributed by atoms with Crippen LogP contribution in [0.15, 0.2) is 36.4 Å². The van der Waals surface area contributed by atoms with Gasteiger partial charge in [0, 0.05) is 24.2 Å². The van der Waals surface area contributed by atoms with E-state index in [1.165, 1.54) is 38.5 Å². The molecule has 2 heterocycles. The van der Waals surface area contributed by atoms with Crippen LogP contribution in [0.1, 0.15) is 60.8 Å². The molecule has 4 rings (SSSR count). The van der Waals surface area contributed by atoms with Gasteiger partial charge < -0.3 is 10.2 Å². The number of hydrogen-bond donors (Lipinski definition) is 2. The second-order valence-electron chi connectivity index (χ2n) is 8.78. The van der Waals surface area contributed by atoms with Gasteiger partial charge in [-0.1, -0.05) is 37.1 Å². The SMILES string of the molecule is Oc1ccc(/C=C/c2ccc(O)c(CN3CCCCC3)c2)cc1CN1CCCCC1. The summed E-state index contributed by atoms with van der Waals surface area (Å²) >= 11 is 0. The summed E-state index contributed by atoms with van der Waals surface area (Å²) in [5.74, 6) is 0.761. The Morgan fingerprint density at radius 1 is 0.600 bits per heavy atom. The van der Waals surface area contributed by atoms with Crippen LogP contribution in [-0.4, -0.2) is 46.2 Å². The Balaban J connectivity index is 1.45. The van der Waals surface area contributed by atoms with Crippen LogP contribution in [0.2, 0.25) is 0 Å². The van der Waals surface area contributed by atoms with Gasteiger partial charge >= 0.3 is 0 Å². The highest BCUT2D eigenvalue weighted by molar-refractivity contribution is 5.71. The Morgan fingerprint density at radius 2 is 1.00 bits per heavy atom. The van der Waals surface area contributed by atoms with E-state index in [1.807, 2.05) is 12.1 Å². The average Bonchev–Trinajstić information content (AvgIpc) is 2.78. The van der Waals surface area contributed by atoms with Crippen LogP contribution in [0, 0.1) is 0 Å². The monoisotopic (exact) mass is 406 g/mol. The van der Waals surface area contributed by atoms with Crippen molar-refractivity contribution in [2.45, 2.75) is 51.6 Å². The van der Waals surface area contributed by atoms with Crippen molar-refractivity contribution in [2.75, 3.05) is 26.2 Å². The zero-order valence-corrected chi connectivity index (χ0v) is 17.9. The third kappa shape index (κ3) is 5.65. The van der Waals surface area contributed by atoms with Crippen LogP contribution in [-0.2, 0) is 13.1 Å². The molecule has 0 atom stereocenters. The summed E-state index contributed by atoms with van der Waals surface area (Å²) in [5.41, 5.74) is 4.17. The molecular weight excluding hydrogens is 372 g/mol. The smallest absolute Gasteiger partial charge is 0.120 e. The second kappa shape index (κ2) is 10.1. The zero-order chi connectivity index (χ0) is 20.8. The largest absolute Gasteiger partial charge is 0.508 e. The molecule has 160 valence electrons. The van der Waals surface area contributed by atoms with Gasteiger partial charge in [0.2, 0.25) is 0 Å². The van der Waals surface area contributed by atoms with Gasteiger partial charge in [0.05, 0.1) is 0 Å². The van der Waals surface area contributed by atoms with Crippen LogP contribution in [0.25, 0.3) is 12.2 Å². The van der Waals surface area contributed by atoms with Crippen molar-refractivity contribution in [3.63, 3.8) is 0 Å². The normalized spacial score (nSPS) is 18.8. The standard InChI is InChI=1S/C26H34N2O2/c29-25-11-9-21(17-23(25)19-27-13-3-1-4-14-27)7-8-22-10-12-26(30)24(18-22)20-28-15-5-2-6-16-28/h7-12,17-18,29-30H,1-6,13-16,19-20H2/b8-7+. The molecule has 0 unspecified atom stereocenters. The maximum atomic E-state index is 10.3. The quantitative estimate of drug-likeness (QED) is 0.644. The van der Waals surface area contributed by atoms with Gasteiger partial charge in [-0.15, -0.1) is 0 Å². The molecule has 0 aromatic heterocycles. The van der Waals surface area contributed by atoms with Gasteiger partial charge in [-0.3, -0.25) is 9.80 Å². The molecule has 2 saturated heterocycles. The van der Waals surface area contributed by atoms with E-state index in [4.69, 9.17) is 0 Å². The highest BCUT2D eigenvalue weighted by Crippen LogP contribution is 2.25. The zero-order valence-electron chi connectivity index (χ0n) is 17.9. The average molecular weight is 407 g/mol. The maximum absolute atomic E-state index is 10.3. The molecule has 0 saturated carbocycles. The number of phenolic OH excluding ortho intramolecular Hbond substituents is 2. The van der Waals surface area contributed by atoms with Crippen LogP contribution in [0.5, 0.6) is 11.5 Å². The molecule has 0 radical (unpaired) electrons. The van der Waals surface area contributed by atoms with Crippen molar-refractivity contribution >= 4 is 12.2 Å². The molecule has 4 nitrogen and oxygen atoms in total. The molecule has 4 heteroatoms. The van der Waals surface area contributed by atoms with Crippen molar-refractivity contribution in [3.05, 3.63) is 58.7 Å². The molecule has 2 N–H and O–H groups in total. The number of nitrogens with zero attached hydrogens (tertiary/aromatic N) is 2. The maximum Gasteiger partial charge on any atom is 0.120 e. The second-order valence-corrected chi connectivity index (χ2v) is 8.78. The highest BCUT2D eigenvalue weighted by Gasteiger charge is 2.14. The number of rotatable bonds is 6. The topological polar surface area (TPSA) is 46.9 Å². The van der Waals surface area contributed by atoms with Crippen LogP contribution in [0.4, 0.5) is 0 Å². The third-order valence-electron chi connectivity index (χ3n) is 6.36. The summed E-state index contributed by atoms with van der Waals surface area (Å²) in [6, 6.07) is 11.7. The van der Waals surface area contributed by atoms with Crippen molar-refractivity contribution in [2.24, 2.45) is 0 Å². The molecule has 2 aliphatic heterocycles. The first-order valence-corrected chi connectivity index (χ1v) is 11.4. The van der Waals surface area contributed by atoms with Gasteiger partial charge in [0.25, 0.3) is 0 Å². The first-order valence-electron chi connectivity index (χ1n) is 11.4. The Bertz CT molecular complexity index is 794. The number of benzene rings is 2. The lowest BCUT2D eigenvalue weighted by atomic mass is 10.0. The molecule has 0 aliphatic carbocycles. The van der Waals surface area contributed by atoms with E-state index in [2.05, 4.69) is 34.1 Å². The minimum absolute atomic E-state index is 0.381. The molecule has 2 fully saturated rings. The first-order chi connectivity index (χ1) is 14.7. The number of likely N-dealkylation sites (tertiary alicyclic amines) is 2. The third-order valence-corrected chi connectivity index (χ3v) is 6.36. The van der Waals surface area contributed by atoms with Gasteiger partial charge in [-0.2, -0.15) is 0 Å². The van der Waals surface area contributed by atoms with E-state index in [-0.39, 0.29) is 0 Å². The van der Waals surface area contributed by atoms with Gasteiger partial charge in [0.15, 0.2) is 0 Å². The Morgan fingerprint density at radius 3 is 1.40 bits per heavy atom. The van der Waals surface area contributed by atoms with Crippen LogP contribution < -0.4 is 0 Å². The number of piperidine rings is 2. The number of phenols is 2. The van der Waals surface area contributed by atoms with E-state index in [0.29, 0.717) is 11.5 Å². The van der Waals surface area contributed by atoms with Crippen LogP contribution in [0.3, 0.4) is 0 Å². The Kier molecular flexibility index (Phi) is 7.08. The fourth-order valence-corrected chi connectivity index (χ4v) is 4.58. The predicted molar refractivity (Wildman–Crippen MR) is 123 cm³/mol. The van der Waals surface area contributed by atoms with Gasteiger partial charge in [0.1, 0.15) is 11.5 Å². The molecule has 2 aromatic rings. The Hall–Kier alpha value is -2.30. The van der Waals surface area contributed by atoms with Crippen molar-refractivity contribution in [3.8, 4) is 11.5 Å². The van der Waals surface area contributed by atoms with Crippen molar-refractivity contribution in [1.82, 2.24) is 9.80 Å². The predicted octanol–water partition coefficient (Wildman–Crippen LogP) is 5.24. The van der Waals surface area contributed by atoms with E-state index in [9.17, 15) is 10.2 Å². The lowest BCUT2D eigenvalue weighted by Crippen LogP contribution is -2.29. The minimum Gasteiger partial charge on any atom is -0.508 e. The van der Waals surface area contributed by atoms with Crippen molar-refractivity contribution in [1.29, 1.82) is 0 Å². The summed E-state index contributed by atoms with van der Waals surface area (Å²) in [5, 5.41) is 20.6. The van der Waals surface area contributed by atoms with E-state index in [0.717, 1.165) is 61.5 Å². The fourth-order valence-electron chi connectivity index (χ4n) is 4.58. The summed E-state index contributed by atoms with van der Waals surface area (Å²) in [6.07, 6.45) is 11.8. The minimum atomic E-state index is 0.381. The van der Waals surface area contributed by atoms with E-state index >= 15 is 0 Å². The molecule has 30 heavy (non-hydrogen) atoms. The molecular formula is C26H34N2O2. The highest BCUT2D eigenvalue weighted by atomic mass is 16.3. The first kappa shape index (κ1) is 21.0. The summed E-state index contributed by atoms with van der Waals surface area (Å²) in [6.45, 7) is 6.10. The Labute approximate surface area is 180 Å². The molecule has 0 amide bonds. The lowest BCUT2D eigenvalue weighted by Gasteiger charge is -2.26. The van der Waals surface area contributed by atoms with Crippen molar-refractivity contribution < 1.29 is 10.2 Å². The summed E-state index contributed by atoms with van der Waals surface area (Å²) < 4.78 is 0. The summed E-state index contributed by atoms with van der Waals surface area (Å²) in [7, 11) is 0. The van der Waals surface area contributed by atoms with Crippen LogP contribution >= 0.6 is 0 Å². The van der Waals surface area contributed by atoms with E-state index in [1.54, 1.807) is 12.1 Å². The number of aromatic hydroxyl groups is 2. The molecule has 2 aromatic carbocycles. The van der Waals surface area contributed by atoms with Gasteiger partial charge in [-0.05, 0) is 87.3 Å². The molecule has 0 spiro atoms. The van der Waals surface area contributed by atoms with E-state index < -0.39 is 0 Å². The fraction of sp³-hybridized carbons (Fsp3) is 0.462. The molecule has 2 aliphatic rings. The lowest BCUT2D eigenvalue weighted by molar-refractivity contribution is 0.218. The number of hydrogen-bond acceptors (Lipinski definition) is 4. The van der Waals surface area contributed by atoms with Gasteiger partial charge in [-0.25, -0.2) is 0 Å².